The minimum absolute atomic E-state index is 0.523. The summed E-state index contributed by atoms with van der Waals surface area (Å²) < 4.78 is 2.28. The monoisotopic (exact) mass is 283 g/mol. The van der Waals surface area contributed by atoms with Crippen LogP contribution in [0.5, 0.6) is 0 Å². The molecule has 0 aliphatic heterocycles. The summed E-state index contributed by atoms with van der Waals surface area (Å²) in [4.78, 5) is 4.61. The summed E-state index contributed by atoms with van der Waals surface area (Å²) in [6, 6.07) is 7.22. The SMILES string of the molecule is CCCNC1CCc2c(-c3nccn3CCC)cccc21. The van der Waals surface area contributed by atoms with Crippen molar-refractivity contribution < 1.29 is 0 Å². The molecule has 1 N–H and O–H groups in total. The lowest BCUT2D eigenvalue weighted by molar-refractivity contribution is 0.529. The Labute approximate surface area is 127 Å². The van der Waals surface area contributed by atoms with Crippen molar-refractivity contribution in [2.24, 2.45) is 0 Å². The number of hydrogen-bond donors (Lipinski definition) is 1. The Morgan fingerprint density at radius 2 is 2.19 bits per heavy atom. The van der Waals surface area contributed by atoms with Gasteiger partial charge in [-0.05, 0) is 43.4 Å². The number of imidazole rings is 1. The third-order valence-electron chi connectivity index (χ3n) is 4.33. The zero-order valence-electron chi connectivity index (χ0n) is 13.1. The first-order valence-electron chi connectivity index (χ1n) is 8.21. The zero-order valence-corrected chi connectivity index (χ0v) is 13.1. The number of benzene rings is 1. The maximum Gasteiger partial charge on any atom is 0.140 e. The predicted molar refractivity (Wildman–Crippen MR) is 87.3 cm³/mol. The second-order valence-corrected chi connectivity index (χ2v) is 5.86. The summed E-state index contributed by atoms with van der Waals surface area (Å²) in [6.45, 7) is 6.57. The summed E-state index contributed by atoms with van der Waals surface area (Å²) >= 11 is 0. The lowest BCUT2D eigenvalue weighted by atomic mass is 10.0. The molecule has 0 radical (unpaired) electrons. The van der Waals surface area contributed by atoms with Crippen molar-refractivity contribution >= 4 is 0 Å². The number of hydrogen-bond acceptors (Lipinski definition) is 2. The largest absolute Gasteiger partial charge is 0.331 e. The molecule has 0 saturated heterocycles. The van der Waals surface area contributed by atoms with Crippen molar-refractivity contribution in [3.63, 3.8) is 0 Å². The summed E-state index contributed by atoms with van der Waals surface area (Å²) in [6.07, 6.45) is 8.71. The number of nitrogens with zero attached hydrogens (tertiary/aromatic N) is 2. The van der Waals surface area contributed by atoms with E-state index >= 15 is 0 Å². The molecule has 0 bridgehead atoms. The third-order valence-corrected chi connectivity index (χ3v) is 4.33. The van der Waals surface area contributed by atoms with Crippen LogP contribution in [0.3, 0.4) is 0 Å². The van der Waals surface area contributed by atoms with E-state index in [9.17, 15) is 0 Å². The molecule has 0 saturated carbocycles. The maximum absolute atomic E-state index is 4.61. The number of fused-ring (bicyclic) bond motifs is 1. The average molecular weight is 283 g/mol. The molecule has 112 valence electrons. The molecule has 1 unspecified atom stereocenters. The Balaban J connectivity index is 1.95. The molecule has 3 heteroatoms. The standard InChI is InChI=1S/C18H25N3/c1-3-10-19-17-9-8-14-15(17)6-5-7-16(14)18-20-11-13-21(18)12-4-2/h5-7,11,13,17,19H,3-4,8-10,12H2,1-2H3. The average Bonchev–Trinajstić information content (AvgIpc) is 3.12. The third kappa shape index (κ3) is 2.75. The van der Waals surface area contributed by atoms with Gasteiger partial charge < -0.3 is 9.88 Å². The van der Waals surface area contributed by atoms with E-state index in [1.54, 1.807) is 0 Å². The fourth-order valence-electron chi connectivity index (χ4n) is 3.37. The molecule has 3 nitrogen and oxygen atoms in total. The molecule has 2 aromatic rings. The van der Waals surface area contributed by atoms with Gasteiger partial charge in [-0.15, -0.1) is 0 Å². The first-order chi connectivity index (χ1) is 10.3. The smallest absolute Gasteiger partial charge is 0.140 e. The van der Waals surface area contributed by atoms with Gasteiger partial charge >= 0.3 is 0 Å². The van der Waals surface area contributed by atoms with E-state index in [0.717, 1.165) is 31.8 Å². The van der Waals surface area contributed by atoms with Gasteiger partial charge in [0.25, 0.3) is 0 Å². The lowest BCUT2D eigenvalue weighted by Crippen LogP contribution is -2.19. The van der Waals surface area contributed by atoms with Crippen LogP contribution in [-0.4, -0.2) is 16.1 Å². The molecular weight excluding hydrogens is 258 g/mol. The molecule has 1 aromatic carbocycles. The van der Waals surface area contributed by atoms with Crippen LogP contribution in [0.1, 0.15) is 50.3 Å². The fraction of sp³-hybridized carbons (Fsp3) is 0.500. The van der Waals surface area contributed by atoms with E-state index in [4.69, 9.17) is 0 Å². The van der Waals surface area contributed by atoms with Crippen LogP contribution in [0.15, 0.2) is 30.6 Å². The minimum Gasteiger partial charge on any atom is -0.331 e. The van der Waals surface area contributed by atoms with Crippen LogP contribution < -0.4 is 5.32 Å². The molecule has 0 amide bonds. The zero-order chi connectivity index (χ0) is 14.7. The number of nitrogens with one attached hydrogen (secondary N) is 1. The summed E-state index contributed by atoms with van der Waals surface area (Å²) in [5.41, 5.74) is 4.30. The second-order valence-electron chi connectivity index (χ2n) is 5.86. The normalized spacial score (nSPS) is 17.1. The Morgan fingerprint density at radius 1 is 1.29 bits per heavy atom. The van der Waals surface area contributed by atoms with Crippen molar-refractivity contribution in [3.05, 3.63) is 41.7 Å². The number of aryl methyl sites for hydroxylation is 1. The molecule has 21 heavy (non-hydrogen) atoms. The van der Waals surface area contributed by atoms with Gasteiger partial charge in [-0.1, -0.05) is 32.0 Å². The fourth-order valence-corrected chi connectivity index (χ4v) is 3.37. The van der Waals surface area contributed by atoms with E-state index in [0.29, 0.717) is 6.04 Å². The quantitative estimate of drug-likeness (QED) is 0.870. The molecule has 1 aliphatic carbocycles. The maximum atomic E-state index is 4.61. The van der Waals surface area contributed by atoms with Gasteiger partial charge in [0.15, 0.2) is 0 Å². The summed E-state index contributed by atoms with van der Waals surface area (Å²) in [5, 5.41) is 3.67. The van der Waals surface area contributed by atoms with Gasteiger partial charge in [0.2, 0.25) is 0 Å². The topological polar surface area (TPSA) is 29.9 Å². The Morgan fingerprint density at radius 3 is 3.00 bits per heavy atom. The lowest BCUT2D eigenvalue weighted by Gasteiger charge is -2.15. The van der Waals surface area contributed by atoms with Gasteiger partial charge in [0, 0.05) is 30.5 Å². The van der Waals surface area contributed by atoms with E-state index in [1.807, 2.05) is 6.20 Å². The van der Waals surface area contributed by atoms with Crippen molar-refractivity contribution in [3.8, 4) is 11.4 Å². The highest BCUT2D eigenvalue weighted by Crippen LogP contribution is 2.37. The van der Waals surface area contributed by atoms with Crippen LogP contribution in [-0.2, 0) is 13.0 Å². The van der Waals surface area contributed by atoms with Gasteiger partial charge in [-0.3, -0.25) is 0 Å². The first-order valence-corrected chi connectivity index (χ1v) is 8.21. The van der Waals surface area contributed by atoms with Crippen molar-refractivity contribution in [1.29, 1.82) is 0 Å². The summed E-state index contributed by atoms with van der Waals surface area (Å²) in [5.74, 6) is 1.13. The second kappa shape index (κ2) is 6.44. The molecule has 0 spiro atoms. The van der Waals surface area contributed by atoms with Gasteiger partial charge in [-0.25, -0.2) is 4.98 Å². The highest BCUT2D eigenvalue weighted by molar-refractivity contribution is 5.64. The van der Waals surface area contributed by atoms with E-state index < -0.39 is 0 Å². The first kappa shape index (κ1) is 14.3. The summed E-state index contributed by atoms with van der Waals surface area (Å²) in [7, 11) is 0. The van der Waals surface area contributed by atoms with Crippen molar-refractivity contribution in [2.75, 3.05) is 6.54 Å². The van der Waals surface area contributed by atoms with Gasteiger partial charge in [0.05, 0.1) is 0 Å². The van der Waals surface area contributed by atoms with E-state index in [2.05, 4.69) is 53.1 Å². The minimum atomic E-state index is 0.523. The number of rotatable bonds is 6. The molecule has 3 rings (SSSR count). The van der Waals surface area contributed by atoms with E-state index in [-0.39, 0.29) is 0 Å². The van der Waals surface area contributed by atoms with Crippen LogP contribution in [0, 0.1) is 0 Å². The number of aromatic nitrogens is 2. The van der Waals surface area contributed by atoms with E-state index in [1.165, 1.54) is 29.5 Å². The van der Waals surface area contributed by atoms with Crippen molar-refractivity contribution in [1.82, 2.24) is 14.9 Å². The Kier molecular flexibility index (Phi) is 4.39. The Hall–Kier alpha value is -1.61. The van der Waals surface area contributed by atoms with Crippen LogP contribution in [0.2, 0.25) is 0 Å². The molecular formula is C18H25N3. The van der Waals surface area contributed by atoms with Crippen LogP contribution >= 0.6 is 0 Å². The van der Waals surface area contributed by atoms with Crippen LogP contribution in [0.25, 0.3) is 11.4 Å². The van der Waals surface area contributed by atoms with Crippen LogP contribution in [0.4, 0.5) is 0 Å². The molecule has 1 atom stereocenters. The van der Waals surface area contributed by atoms with Gasteiger partial charge in [0.1, 0.15) is 5.82 Å². The highest BCUT2D eigenvalue weighted by Gasteiger charge is 2.25. The Bertz CT molecular complexity index is 600. The molecule has 1 aliphatic rings. The predicted octanol–water partition coefficient (Wildman–Crippen LogP) is 3.95. The molecule has 0 fully saturated rings. The van der Waals surface area contributed by atoms with Gasteiger partial charge in [-0.2, -0.15) is 0 Å². The molecule has 1 aromatic heterocycles. The van der Waals surface area contributed by atoms with Crippen molar-refractivity contribution in [2.45, 2.75) is 52.1 Å². The molecule has 1 heterocycles. The highest BCUT2D eigenvalue weighted by atomic mass is 15.1.